The van der Waals surface area contributed by atoms with Crippen LogP contribution in [0.3, 0.4) is 0 Å². The lowest BCUT2D eigenvalue weighted by molar-refractivity contribution is 0.440. The van der Waals surface area contributed by atoms with Gasteiger partial charge >= 0.3 is 0 Å². The molecule has 0 atom stereocenters. The molecule has 0 bridgehead atoms. The summed E-state index contributed by atoms with van der Waals surface area (Å²) in [6.07, 6.45) is 2.89. The van der Waals surface area contributed by atoms with E-state index < -0.39 is 0 Å². The number of aromatic nitrogens is 4. The molecule has 2 heterocycles. The van der Waals surface area contributed by atoms with Crippen molar-refractivity contribution in [3.8, 4) is 11.5 Å². The van der Waals surface area contributed by atoms with Crippen molar-refractivity contribution in [1.82, 2.24) is 19.9 Å². The molecule has 2 aromatic heterocycles. The number of nitrogens with zero attached hydrogens (tertiary/aromatic N) is 3. The van der Waals surface area contributed by atoms with E-state index in [0.717, 1.165) is 0 Å². The minimum absolute atomic E-state index is 0.0469. The Bertz CT molecular complexity index is 774. The van der Waals surface area contributed by atoms with E-state index in [1.54, 1.807) is 0 Å². The van der Waals surface area contributed by atoms with Gasteiger partial charge in [-0.1, -0.05) is 11.6 Å². The first-order valence-corrected chi connectivity index (χ1v) is 6.12. The molecule has 0 aliphatic carbocycles. The highest BCUT2D eigenvalue weighted by molar-refractivity contribution is 6.32. The molecule has 0 radical (unpaired) electrons. The smallest absolute Gasteiger partial charge is 0.182 e. The maximum absolute atomic E-state index is 9.84. The number of halogens is 1. The number of benzene rings is 1. The van der Waals surface area contributed by atoms with Crippen molar-refractivity contribution in [2.45, 2.75) is 6.54 Å². The molecule has 3 rings (SSSR count). The van der Waals surface area contributed by atoms with Gasteiger partial charge in [0.25, 0.3) is 0 Å². The molecular weight excluding hydrogens is 282 g/mol. The Kier molecular flexibility index (Phi) is 3.03. The monoisotopic (exact) mass is 291 g/mol. The number of aromatic hydroxyl groups is 2. The Morgan fingerprint density at radius 3 is 2.90 bits per heavy atom. The molecule has 8 heteroatoms. The van der Waals surface area contributed by atoms with Crippen molar-refractivity contribution >= 4 is 28.6 Å². The fraction of sp³-hybridized carbons (Fsp3) is 0.0833. The van der Waals surface area contributed by atoms with Gasteiger partial charge < -0.3 is 20.5 Å². The van der Waals surface area contributed by atoms with Crippen LogP contribution in [0.1, 0.15) is 5.56 Å². The highest BCUT2D eigenvalue weighted by Crippen LogP contribution is 2.34. The molecule has 102 valence electrons. The van der Waals surface area contributed by atoms with Crippen molar-refractivity contribution in [2.24, 2.45) is 0 Å². The van der Waals surface area contributed by atoms with Gasteiger partial charge in [0.05, 0.1) is 16.9 Å². The number of rotatable bonds is 3. The number of aromatic amines is 1. The Labute approximate surface area is 118 Å². The first-order valence-electron chi connectivity index (χ1n) is 5.74. The van der Waals surface area contributed by atoms with Crippen LogP contribution in [0.4, 0.5) is 5.82 Å². The second-order valence-electron chi connectivity index (χ2n) is 4.07. The van der Waals surface area contributed by atoms with Crippen LogP contribution in [-0.4, -0.2) is 30.1 Å². The molecule has 0 aliphatic heterocycles. The maximum atomic E-state index is 9.84. The summed E-state index contributed by atoms with van der Waals surface area (Å²) < 4.78 is 0. The first-order chi connectivity index (χ1) is 9.66. The van der Waals surface area contributed by atoms with E-state index >= 15 is 0 Å². The van der Waals surface area contributed by atoms with E-state index in [4.69, 9.17) is 11.6 Å². The van der Waals surface area contributed by atoms with E-state index in [0.29, 0.717) is 22.5 Å². The number of H-pyrrole nitrogens is 1. The minimum Gasteiger partial charge on any atom is -0.507 e. The largest absolute Gasteiger partial charge is 0.507 e. The van der Waals surface area contributed by atoms with Crippen LogP contribution in [-0.2, 0) is 6.54 Å². The molecular formula is C12H10ClN5O2. The zero-order chi connectivity index (χ0) is 14.1. The zero-order valence-corrected chi connectivity index (χ0v) is 10.9. The van der Waals surface area contributed by atoms with Gasteiger partial charge in [-0.25, -0.2) is 15.0 Å². The van der Waals surface area contributed by atoms with Gasteiger partial charge in [-0.3, -0.25) is 0 Å². The van der Waals surface area contributed by atoms with E-state index in [-0.39, 0.29) is 23.1 Å². The van der Waals surface area contributed by atoms with E-state index in [9.17, 15) is 10.2 Å². The highest BCUT2D eigenvalue weighted by atomic mass is 35.5. The summed E-state index contributed by atoms with van der Waals surface area (Å²) >= 11 is 5.81. The lowest BCUT2D eigenvalue weighted by Crippen LogP contribution is -2.03. The molecule has 0 amide bonds. The van der Waals surface area contributed by atoms with E-state index in [1.165, 1.54) is 24.8 Å². The summed E-state index contributed by atoms with van der Waals surface area (Å²) in [6.45, 7) is 0.156. The van der Waals surface area contributed by atoms with Gasteiger partial charge in [0.2, 0.25) is 0 Å². The molecule has 20 heavy (non-hydrogen) atoms. The molecule has 4 N–H and O–H groups in total. The Hall–Kier alpha value is -2.54. The fourth-order valence-corrected chi connectivity index (χ4v) is 2.02. The molecule has 0 aliphatic rings. The third kappa shape index (κ3) is 2.08. The third-order valence-electron chi connectivity index (χ3n) is 2.86. The Morgan fingerprint density at radius 1 is 1.20 bits per heavy atom. The number of hydrogen-bond donors (Lipinski definition) is 4. The number of phenols is 2. The second-order valence-corrected chi connectivity index (χ2v) is 4.48. The van der Waals surface area contributed by atoms with Gasteiger partial charge in [-0.15, -0.1) is 0 Å². The number of hydrogen-bond acceptors (Lipinski definition) is 6. The van der Waals surface area contributed by atoms with Crippen LogP contribution < -0.4 is 5.32 Å². The number of nitrogens with one attached hydrogen (secondary N) is 2. The summed E-state index contributed by atoms with van der Waals surface area (Å²) in [4.78, 5) is 15.0. The molecule has 0 fully saturated rings. The molecule has 3 aromatic rings. The second kappa shape index (κ2) is 4.86. The van der Waals surface area contributed by atoms with Crippen molar-refractivity contribution < 1.29 is 10.2 Å². The van der Waals surface area contributed by atoms with E-state index in [1.807, 2.05) is 0 Å². The van der Waals surface area contributed by atoms with Crippen molar-refractivity contribution in [3.63, 3.8) is 0 Å². The topological polar surface area (TPSA) is 107 Å². The van der Waals surface area contributed by atoms with Gasteiger partial charge in [-0.05, 0) is 12.1 Å². The summed E-state index contributed by atoms with van der Waals surface area (Å²) in [5.74, 6) is 0.315. The third-order valence-corrected chi connectivity index (χ3v) is 3.17. The highest BCUT2D eigenvalue weighted by Gasteiger charge is 2.12. The molecule has 7 nitrogen and oxygen atoms in total. The Morgan fingerprint density at radius 2 is 2.05 bits per heavy atom. The number of phenolic OH excluding ortho intramolecular Hbond substituents is 2. The van der Waals surface area contributed by atoms with Crippen LogP contribution >= 0.6 is 11.6 Å². The average molecular weight is 292 g/mol. The lowest BCUT2D eigenvalue weighted by Gasteiger charge is -2.10. The van der Waals surface area contributed by atoms with Crippen LogP contribution in [0.5, 0.6) is 11.5 Å². The molecule has 0 spiro atoms. The van der Waals surface area contributed by atoms with Crippen LogP contribution in [0, 0.1) is 0 Å². The molecule has 0 saturated carbocycles. The van der Waals surface area contributed by atoms with Crippen LogP contribution in [0.15, 0.2) is 24.8 Å². The molecule has 0 saturated heterocycles. The first kappa shape index (κ1) is 12.5. The standard InChI is InChI=1S/C12H10ClN5O2/c13-7-1-2-8(19)6(10(7)20)3-14-11-9-12(16-4-15-9)18-5-17-11/h1-2,4-5,19-20H,3H2,(H2,14,15,16,17,18). The lowest BCUT2D eigenvalue weighted by atomic mass is 10.1. The van der Waals surface area contributed by atoms with Gasteiger partial charge in [0, 0.05) is 6.54 Å². The van der Waals surface area contributed by atoms with Crippen molar-refractivity contribution in [3.05, 3.63) is 35.4 Å². The van der Waals surface area contributed by atoms with Crippen molar-refractivity contribution in [1.29, 1.82) is 0 Å². The predicted octanol–water partition coefficient (Wildman–Crippen LogP) is 2.03. The van der Waals surface area contributed by atoms with Gasteiger partial charge in [0.1, 0.15) is 23.3 Å². The predicted molar refractivity (Wildman–Crippen MR) is 73.8 cm³/mol. The number of anilines is 1. The van der Waals surface area contributed by atoms with E-state index in [2.05, 4.69) is 25.3 Å². The molecule has 0 unspecified atom stereocenters. The van der Waals surface area contributed by atoms with Crippen molar-refractivity contribution in [2.75, 3.05) is 5.32 Å². The van der Waals surface area contributed by atoms with Gasteiger partial charge in [-0.2, -0.15) is 0 Å². The quantitative estimate of drug-likeness (QED) is 0.588. The average Bonchev–Trinajstić information content (AvgIpc) is 2.92. The summed E-state index contributed by atoms with van der Waals surface area (Å²) in [6, 6.07) is 2.85. The molecule has 1 aromatic carbocycles. The maximum Gasteiger partial charge on any atom is 0.182 e. The normalized spacial score (nSPS) is 10.8. The number of imidazole rings is 1. The fourth-order valence-electron chi connectivity index (χ4n) is 1.84. The zero-order valence-electron chi connectivity index (χ0n) is 10.1. The summed E-state index contributed by atoms with van der Waals surface area (Å²) in [5, 5.41) is 22.8. The Balaban J connectivity index is 1.90. The van der Waals surface area contributed by atoms with Crippen LogP contribution in [0.2, 0.25) is 5.02 Å². The number of fused-ring (bicyclic) bond motifs is 1. The summed E-state index contributed by atoms with van der Waals surface area (Å²) in [7, 11) is 0. The minimum atomic E-state index is -0.158. The SMILES string of the molecule is Oc1ccc(Cl)c(O)c1CNc1ncnc2nc[nH]c12. The van der Waals surface area contributed by atoms with Crippen LogP contribution in [0.25, 0.3) is 11.2 Å². The van der Waals surface area contributed by atoms with Gasteiger partial charge in [0.15, 0.2) is 11.5 Å². The summed E-state index contributed by atoms with van der Waals surface area (Å²) in [5.41, 5.74) is 1.47.